The first-order valence-corrected chi connectivity index (χ1v) is 10.2. The van der Waals surface area contributed by atoms with Crippen molar-refractivity contribution in [1.82, 2.24) is 10.6 Å². The van der Waals surface area contributed by atoms with E-state index in [9.17, 15) is 19.1 Å². The molecule has 9 heteroatoms. The summed E-state index contributed by atoms with van der Waals surface area (Å²) >= 11 is 0. The molecular formula is C21H28BFN2O5. The fourth-order valence-corrected chi connectivity index (χ4v) is 4.22. The first-order chi connectivity index (χ1) is 14.3. The molecule has 2 aliphatic rings. The van der Waals surface area contributed by atoms with Crippen LogP contribution in [-0.2, 0) is 15.9 Å². The third-order valence-electron chi connectivity index (χ3n) is 5.90. The molecule has 3 rings (SSSR count). The van der Waals surface area contributed by atoms with E-state index in [1.807, 2.05) is 0 Å². The van der Waals surface area contributed by atoms with E-state index in [-0.39, 0.29) is 17.6 Å². The number of hydrogen-bond acceptors (Lipinski definition) is 5. The van der Waals surface area contributed by atoms with Crippen molar-refractivity contribution >= 4 is 19.0 Å². The zero-order valence-electron chi connectivity index (χ0n) is 17.6. The second-order valence-electron chi connectivity index (χ2n) is 8.03. The fraction of sp³-hybridized carbons (Fsp3) is 0.524. The van der Waals surface area contributed by atoms with Gasteiger partial charge in [-0.3, -0.25) is 4.79 Å². The number of hydrogen-bond donors (Lipinski definition) is 3. The van der Waals surface area contributed by atoms with E-state index in [2.05, 4.69) is 17.6 Å². The number of allylic oxidation sites excluding steroid dienone is 1. The Morgan fingerprint density at radius 2 is 2.13 bits per heavy atom. The number of rotatable bonds is 7. The molecule has 1 saturated carbocycles. The maximum absolute atomic E-state index is 14.0. The minimum absolute atomic E-state index is 0.0148. The highest BCUT2D eigenvalue weighted by Gasteiger charge is 2.39. The van der Waals surface area contributed by atoms with Gasteiger partial charge in [0.05, 0.1) is 5.94 Å². The predicted molar refractivity (Wildman–Crippen MR) is 111 cm³/mol. The molecule has 1 aromatic carbocycles. The predicted octanol–water partition coefficient (Wildman–Crippen LogP) is 2.34. The average molecular weight is 418 g/mol. The van der Waals surface area contributed by atoms with Crippen molar-refractivity contribution in [3.8, 4) is 5.75 Å². The molecule has 0 aromatic heterocycles. The van der Waals surface area contributed by atoms with Gasteiger partial charge in [-0.05, 0) is 48.8 Å². The molecule has 0 bridgehead atoms. The third-order valence-corrected chi connectivity index (χ3v) is 5.90. The Hall–Kier alpha value is -2.39. The number of nitrogens with one attached hydrogen (secondary N) is 2. The van der Waals surface area contributed by atoms with Gasteiger partial charge in [-0.25, -0.2) is 9.18 Å². The van der Waals surface area contributed by atoms with Crippen LogP contribution in [0.1, 0.15) is 48.5 Å². The molecule has 0 spiro atoms. The summed E-state index contributed by atoms with van der Waals surface area (Å²) in [4.78, 5) is 23.5. The lowest BCUT2D eigenvalue weighted by molar-refractivity contribution is -0.119. The zero-order valence-corrected chi connectivity index (χ0v) is 17.6. The molecule has 0 saturated heterocycles. The molecule has 1 aliphatic heterocycles. The first kappa shape index (κ1) is 22.3. The lowest BCUT2D eigenvalue weighted by Crippen LogP contribution is -2.53. The highest BCUT2D eigenvalue weighted by Crippen LogP contribution is 2.34. The summed E-state index contributed by atoms with van der Waals surface area (Å²) in [5.74, 6) is -1.89. The van der Waals surface area contributed by atoms with Crippen LogP contribution in [0.15, 0.2) is 23.3 Å². The first-order valence-electron chi connectivity index (χ1n) is 10.2. The number of fused-ring (bicyclic) bond motifs is 1. The minimum Gasteiger partial charge on any atom is -0.534 e. The molecule has 2 atom stereocenters. The molecule has 1 unspecified atom stereocenters. The van der Waals surface area contributed by atoms with E-state index in [0.29, 0.717) is 30.9 Å². The van der Waals surface area contributed by atoms with Crippen LogP contribution in [0.2, 0.25) is 0 Å². The van der Waals surface area contributed by atoms with Crippen LogP contribution in [0.4, 0.5) is 4.39 Å². The van der Waals surface area contributed by atoms with Gasteiger partial charge in [0.2, 0.25) is 5.91 Å². The zero-order chi connectivity index (χ0) is 21.8. The van der Waals surface area contributed by atoms with Gasteiger partial charge in [-0.15, -0.1) is 0 Å². The Morgan fingerprint density at radius 1 is 1.37 bits per heavy atom. The average Bonchev–Trinajstić information content (AvgIpc) is 3.15. The van der Waals surface area contributed by atoms with Crippen molar-refractivity contribution in [2.75, 3.05) is 20.7 Å². The molecule has 0 radical (unpaired) electrons. The normalized spacial score (nSPS) is 22.3. The van der Waals surface area contributed by atoms with Gasteiger partial charge in [0, 0.05) is 27.1 Å². The number of amides is 1. The Labute approximate surface area is 176 Å². The second kappa shape index (κ2) is 9.62. The van der Waals surface area contributed by atoms with E-state index in [4.69, 9.17) is 9.31 Å². The number of carbonyl (C=O) groups excluding carboxylic acids is 1. The smallest absolute Gasteiger partial charge is 0.534 e. The lowest BCUT2D eigenvalue weighted by atomic mass is 9.71. The fourth-order valence-electron chi connectivity index (χ4n) is 4.22. The Morgan fingerprint density at radius 3 is 2.73 bits per heavy atom. The summed E-state index contributed by atoms with van der Waals surface area (Å²) in [6.07, 6.45) is 3.87. The third kappa shape index (κ3) is 4.84. The van der Waals surface area contributed by atoms with Crippen molar-refractivity contribution in [3.63, 3.8) is 0 Å². The van der Waals surface area contributed by atoms with E-state index in [1.165, 1.54) is 12.7 Å². The largest absolute Gasteiger partial charge is 0.543 e. The van der Waals surface area contributed by atoms with E-state index in [1.54, 1.807) is 13.1 Å². The molecule has 1 aliphatic carbocycles. The van der Waals surface area contributed by atoms with Gasteiger partial charge in [0.15, 0.2) is 0 Å². The number of carboxylic acid groups (broad SMARTS) is 1. The highest BCUT2D eigenvalue weighted by molar-refractivity contribution is 6.48. The number of aromatic carboxylic acids is 1. The van der Waals surface area contributed by atoms with Crippen LogP contribution in [0, 0.1) is 11.7 Å². The maximum atomic E-state index is 14.0. The summed E-state index contributed by atoms with van der Waals surface area (Å²) in [6, 6.07) is 2.69. The van der Waals surface area contributed by atoms with Crippen molar-refractivity contribution in [1.29, 1.82) is 0 Å². The van der Waals surface area contributed by atoms with Crippen LogP contribution in [0.5, 0.6) is 5.75 Å². The molecule has 1 heterocycles. The van der Waals surface area contributed by atoms with Gasteiger partial charge in [0.25, 0.3) is 0 Å². The van der Waals surface area contributed by atoms with Crippen LogP contribution >= 0.6 is 0 Å². The van der Waals surface area contributed by atoms with Crippen LogP contribution < -0.4 is 15.3 Å². The van der Waals surface area contributed by atoms with Crippen LogP contribution in [-0.4, -0.2) is 50.7 Å². The van der Waals surface area contributed by atoms with Gasteiger partial charge < -0.3 is 25.0 Å². The summed E-state index contributed by atoms with van der Waals surface area (Å²) in [5.41, 5.74) is 2.52. The molecule has 1 fully saturated rings. The maximum Gasteiger partial charge on any atom is 0.543 e. The quantitative estimate of drug-likeness (QED) is 0.465. The topological polar surface area (TPSA) is 96.9 Å². The van der Waals surface area contributed by atoms with Crippen LogP contribution in [0.3, 0.4) is 0 Å². The minimum atomic E-state index is -1.38. The van der Waals surface area contributed by atoms with Crippen LogP contribution in [0.25, 0.3) is 0 Å². The van der Waals surface area contributed by atoms with Gasteiger partial charge in [0.1, 0.15) is 17.1 Å². The van der Waals surface area contributed by atoms with Crippen molar-refractivity contribution in [2.45, 2.75) is 45.0 Å². The number of carboxylic acids is 1. The Bertz CT molecular complexity index is 860. The van der Waals surface area contributed by atoms with Crippen molar-refractivity contribution in [3.05, 3.63) is 40.2 Å². The molecule has 162 valence electrons. The van der Waals surface area contributed by atoms with Gasteiger partial charge in [-0.1, -0.05) is 18.6 Å². The van der Waals surface area contributed by atoms with E-state index < -0.39 is 24.5 Å². The van der Waals surface area contributed by atoms with E-state index in [0.717, 1.165) is 30.9 Å². The van der Waals surface area contributed by atoms with E-state index >= 15 is 0 Å². The number of benzene rings is 1. The lowest BCUT2D eigenvalue weighted by Gasteiger charge is -2.31. The monoisotopic (exact) mass is 418 g/mol. The second-order valence-corrected chi connectivity index (χ2v) is 8.03. The van der Waals surface area contributed by atoms with Crippen molar-refractivity contribution < 1.29 is 28.4 Å². The summed E-state index contributed by atoms with van der Waals surface area (Å²) in [6.45, 7) is 2.72. The van der Waals surface area contributed by atoms with Crippen molar-refractivity contribution in [2.24, 2.45) is 5.92 Å². The number of halogens is 1. The Balaban J connectivity index is 1.79. The molecule has 1 aromatic rings. The molecular weight excluding hydrogens is 390 g/mol. The molecule has 30 heavy (non-hydrogen) atoms. The standard InChI is InChI=1S/C21H28BFN2O5/c1-12-4-5-13(8-12)15(10-18(26)24-2)11-25-17-9-14-6-7-16(23)19(21(27)28)20(14)30-22(17)29-3/h6-7,12,17,25H,4-5,8-11H2,1-3H3,(H,24,26)(H,27,28)/b15-13+/t12?,17-/m0/s1. The molecule has 7 nitrogen and oxygen atoms in total. The highest BCUT2D eigenvalue weighted by atomic mass is 19.1. The summed E-state index contributed by atoms with van der Waals surface area (Å²) in [5, 5.41) is 15.5. The number of carbonyl (C=O) groups is 2. The SMILES string of the molecule is CNC(=O)C/C(CN[C@H]1Cc2ccc(F)c(C(=O)O)c2OB1OC)=C1/CCC(C)C1. The summed E-state index contributed by atoms with van der Waals surface area (Å²) in [7, 11) is 2.32. The van der Waals surface area contributed by atoms with Gasteiger partial charge >= 0.3 is 13.1 Å². The summed E-state index contributed by atoms with van der Waals surface area (Å²) < 4.78 is 25.2. The molecule has 1 amide bonds. The Kier molecular flexibility index (Phi) is 7.15. The molecule has 3 N–H and O–H groups in total. The van der Waals surface area contributed by atoms with Gasteiger partial charge in [-0.2, -0.15) is 0 Å².